The normalized spacial score (nSPS) is 21.0. The van der Waals surface area contributed by atoms with Gasteiger partial charge in [0.2, 0.25) is 0 Å². The summed E-state index contributed by atoms with van der Waals surface area (Å²) in [5.41, 5.74) is 0. The van der Waals surface area contributed by atoms with Crippen LogP contribution in [0.1, 0.15) is 39.5 Å². The van der Waals surface area contributed by atoms with Crippen molar-refractivity contribution in [3.05, 3.63) is 0 Å². The summed E-state index contributed by atoms with van der Waals surface area (Å²) in [7, 11) is 0.0868. The molecule has 0 aromatic rings. The third-order valence-corrected chi connectivity index (χ3v) is 2.42. The van der Waals surface area contributed by atoms with Gasteiger partial charge in [0.1, 0.15) is 0 Å². The molecule has 2 nitrogen and oxygen atoms in total. The highest BCUT2D eigenvalue weighted by molar-refractivity contribution is 6.46. The van der Waals surface area contributed by atoms with Gasteiger partial charge in [0.25, 0.3) is 0 Å². The van der Waals surface area contributed by atoms with Crippen molar-refractivity contribution < 1.29 is 9.31 Å². The van der Waals surface area contributed by atoms with E-state index in [4.69, 9.17) is 9.31 Å². The first-order chi connectivity index (χ1) is 5.88. The van der Waals surface area contributed by atoms with E-state index in [-0.39, 0.29) is 7.12 Å². The summed E-state index contributed by atoms with van der Waals surface area (Å²) in [6.07, 6.45) is 4.67. The Morgan fingerprint density at radius 1 is 1.25 bits per heavy atom. The van der Waals surface area contributed by atoms with Crippen molar-refractivity contribution >= 4 is 7.12 Å². The Labute approximate surface area is 75.8 Å². The van der Waals surface area contributed by atoms with E-state index in [0.29, 0.717) is 5.82 Å². The Hall–Kier alpha value is -0.0151. The van der Waals surface area contributed by atoms with Crippen molar-refractivity contribution in [1.82, 2.24) is 0 Å². The number of hydrogen-bond donors (Lipinski definition) is 0. The van der Waals surface area contributed by atoms with Crippen molar-refractivity contribution in [2.75, 3.05) is 13.2 Å². The van der Waals surface area contributed by atoms with E-state index in [1.807, 2.05) is 0 Å². The summed E-state index contributed by atoms with van der Waals surface area (Å²) < 4.78 is 11.1. The predicted molar refractivity (Wildman–Crippen MR) is 51.2 cm³/mol. The molecular weight excluding hydrogens is 151 g/mol. The van der Waals surface area contributed by atoms with E-state index in [1.165, 1.54) is 19.3 Å². The van der Waals surface area contributed by atoms with Crippen LogP contribution in [0, 0.1) is 0 Å². The molecule has 0 saturated carbocycles. The standard InChI is InChI=1S/C9H19BO2/c1-3-6-9(4-2)10-11-7-5-8-12-10/h9H,3-8H2,1-2H3/t9-/m1/s1. The van der Waals surface area contributed by atoms with E-state index in [2.05, 4.69) is 13.8 Å². The van der Waals surface area contributed by atoms with Gasteiger partial charge in [0.05, 0.1) is 0 Å². The molecule has 0 spiro atoms. The Kier molecular flexibility index (Phi) is 4.70. The van der Waals surface area contributed by atoms with Crippen LogP contribution in [0.4, 0.5) is 0 Å². The van der Waals surface area contributed by atoms with Crippen LogP contribution in [0.15, 0.2) is 0 Å². The second-order valence-corrected chi connectivity index (χ2v) is 3.42. The minimum Gasteiger partial charge on any atom is -0.411 e. The molecule has 0 bridgehead atoms. The zero-order valence-corrected chi connectivity index (χ0v) is 8.21. The van der Waals surface area contributed by atoms with Gasteiger partial charge in [0, 0.05) is 13.2 Å². The van der Waals surface area contributed by atoms with Crippen molar-refractivity contribution in [3.63, 3.8) is 0 Å². The molecule has 12 heavy (non-hydrogen) atoms. The highest BCUT2D eigenvalue weighted by Crippen LogP contribution is 2.24. The smallest absolute Gasteiger partial charge is 0.411 e. The minimum absolute atomic E-state index is 0.0868. The monoisotopic (exact) mass is 170 g/mol. The topological polar surface area (TPSA) is 18.5 Å². The molecule has 0 radical (unpaired) electrons. The van der Waals surface area contributed by atoms with Gasteiger partial charge in [-0.3, -0.25) is 0 Å². The van der Waals surface area contributed by atoms with E-state index < -0.39 is 0 Å². The van der Waals surface area contributed by atoms with Gasteiger partial charge in [-0.2, -0.15) is 0 Å². The molecule has 0 N–H and O–H groups in total. The Balaban J connectivity index is 2.29. The lowest BCUT2D eigenvalue weighted by Crippen LogP contribution is -2.34. The van der Waals surface area contributed by atoms with Crippen LogP contribution in [0.2, 0.25) is 5.82 Å². The van der Waals surface area contributed by atoms with Gasteiger partial charge in [0.15, 0.2) is 0 Å². The van der Waals surface area contributed by atoms with Crippen LogP contribution in [-0.2, 0) is 9.31 Å². The van der Waals surface area contributed by atoms with Crippen molar-refractivity contribution in [3.8, 4) is 0 Å². The lowest BCUT2D eigenvalue weighted by Gasteiger charge is -2.25. The van der Waals surface area contributed by atoms with Crippen LogP contribution in [0.25, 0.3) is 0 Å². The molecule has 1 heterocycles. The first-order valence-electron chi connectivity index (χ1n) is 5.11. The highest BCUT2D eigenvalue weighted by atomic mass is 16.6. The molecule has 3 heteroatoms. The maximum absolute atomic E-state index is 5.56. The quantitative estimate of drug-likeness (QED) is 0.603. The van der Waals surface area contributed by atoms with E-state index in [9.17, 15) is 0 Å². The zero-order valence-electron chi connectivity index (χ0n) is 8.21. The van der Waals surface area contributed by atoms with Gasteiger partial charge < -0.3 is 9.31 Å². The van der Waals surface area contributed by atoms with Crippen LogP contribution < -0.4 is 0 Å². The molecule has 0 aromatic carbocycles. The molecule has 1 aliphatic heterocycles. The molecule has 1 saturated heterocycles. The summed E-state index contributed by atoms with van der Waals surface area (Å²) in [5, 5.41) is 0. The molecule has 0 amide bonds. The summed E-state index contributed by atoms with van der Waals surface area (Å²) in [6, 6.07) is 0. The zero-order chi connectivity index (χ0) is 8.81. The van der Waals surface area contributed by atoms with Crippen molar-refractivity contribution in [1.29, 1.82) is 0 Å². The molecule has 0 aliphatic carbocycles. The molecule has 1 atom stereocenters. The molecule has 0 aromatic heterocycles. The Morgan fingerprint density at radius 2 is 1.92 bits per heavy atom. The van der Waals surface area contributed by atoms with Crippen LogP contribution in [0.3, 0.4) is 0 Å². The largest absolute Gasteiger partial charge is 0.460 e. The summed E-state index contributed by atoms with van der Waals surface area (Å²) >= 11 is 0. The number of hydrogen-bond acceptors (Lipinski definition) is 2. The molecule has 1 aliphatic rings. The van der Waals surface area contributed by atoms with Crippen molar-refractivity contribution in [2.24, 2.45) is 0 Å². The summed E-state index contributed by atoms with van der Waals surface area (Å²) in [6.45, 7) is 6.18. The fourth-order valence-corrected chi connectivity index (χ4v) is 1.68. The fourth-order valence-electron chi connectivity index (χ4n) is 1.68. The van der Waals surface area contributed by atoms with Crippen LogP contribution >= 0.6 is 0 Å². The predicted octanol–water partition coefficient (Wildman–Crippen LogP) is 2.49. The fraction of sp³-hybridized carbons (Fsp3) is 1.00. The average Bonchev–Trinajstić information content (AvgIpc) is 2.15. The van der Waals surface area contributed by atoms with Crippen LogP contribution in [0.5, 0.6) is 0 Å². The minimum atomic E-state index is 0.0868. The molecular formula is C9H19BO2. The number of rotatable bonds is 4. The van der Waals surface area contributed by atoms with Gasteiger partial charge in [-0.05, 0) is 12.2 Å². The Morgan fingerprint density at radius 3 is 2.42 bits per heavy atom. The van der Waals surface area contributed by atoms with Crippen LogP contribution in [-0.4, -0.2) is 20.3 Å². The van der Waals surface area contributed by atoms with E-state index in [1.54, 1.807) is 0 Å². The maximum Gasteiger partial charge on any atom is 0.460 e. The molecule has 1 rings (SSSR count). The molecule has 70 valence electrons. The van der Waals surface area contributed by atoms with Gasteiger partial charge in [-0.1, -0.05) is 33.1 Å². The average molecular weight is 170 g/mol. The van der Waals surface area contributed by atoms with Gasteiger partial charge in [-0.25, -0.2) is 0 Å². The summed E-state index contributed by atoms with van der Waals surface area (Å²) in [5.74, 6) is 0.607. The van der Waals surface area contributed by atoms with Gasteiger partial charge >= 0.3 is 7.12 Å². The molecule has 0 unspecified atom stereocenters. The summed E-state index contributed by atoms with van der Waals surface area (Å²) in [4.78, 5) is 0. The SMILES string of the molecule is CCC[C@@H](CC)B1OCCCO1. The second-order valence-electron chi connectivity index (χ2n) is 3.42. The molecule has 1 fully saturated rings. The highest BCUT2D eigenvalue weighted by Gasteiger charge is 2.29. The lowest BCUT2D eigenvalue weighted by molar-refractivity contribution is 0.125. The van der Waals surface area contributed by atoms with E-state index >= 15 is 0 Å². The second kappa shape index (κ2) is 5.60. The third-order valence-electron chi connectivity index (χ3n) is 2.42. The third kappa shape index (κ3) is 2.79. The van der Waals surface area contributed by atoms with E-state index in [0.717, 1.165) is 19.6 Å². The van der Waals surface area contributed by atoms with Gasteiger partial charge in [-0.15, -0.1) is 0 Å². The first-order valence-corrected chi connectivity index (χ1v) is 5.11. The lowest BCUT2D eigenvalue weighted by atomic mass is 9.67. The maximum atomic E-state index is 5.56. The first kappa shape index (κ1) is 10.1. The van der Waals surface area contributed by atoms with Crippen molar-refractivity contribution in [2.45, 2.75) is 45.3 Å². The Bertz CT molecular complexity index is 110.